The second-order valence-corrected chi connectivity index (χ2v) is 6.79. The number of sulfone groups is 1. The van der Waals surface area contributed by atoms with Crippen LogP contribution in [0.3, 0.4) is 0 Å². The van der Waals surface area contributed by atoms with Gasteiger partial charge in [0.05, 0.1) is 5.69 Å². The third-order valence-corrected chi connectivity index (χ3v) is 4.43. The van der Waals surface area contributed by atoms with E-state index in [0.717, 1.165) is 11.8 Å². The van der Waals surface area contributed by atoms with Gasteiger partial charge in [-0.3, -0.25) is 0 Å². The Kier molecular flexibility index (Phi) is 3.66. The lowest BCUT2D eigenvalue weighted by atomic mass is 10.2. The first-order valence-corrected chi connectivity index (χ1v) is 8.05. The number of rotatable bonds is 3. The minimum Gasteiger partial charge on any atom is -0.382 e. The van der Waals surface area contributed by atoms with Crippen molar-refractivity contribution in [2.45, 2.75) is 11.8 Å². The summed E-state index contributed by atoms with van der Waals surface area (Å²) in [4.78, 5) is -0.0169. The molecule has 20 heavy (non-hydrogen) atoms. The number of benzene rings is 1. The van der Waals surface area contributed by atoms with Gasteiger partial charge in [0.2, 0.25) is 0 Å². The second kappa shape index (κ2) is 4.99. The fourth-order valence-electron chi connectivity index (χ4n) is 1.86. The third-order valence-electron chi connectivity index (χ3n) is 2.88. The van der Waals surface area contributed by atoms with Gasteiger partial charge in [-0.1, -0.05) is 17.7 Å². The highest BCUT2D eigenvalue weighted by atomic mass is 35.5. The lowest BCUT2D eigenvalue weighted by Gasteiger charge is -2.06. The molecule has 6 nitrogen and oxygen atoms in total. The summed E-state index contributed by atoms with van der Waals surface area (Å²) in [5.41, 5.74) is 7.44. The largest absolute Gasteiger partial charge is 0.382 e. The number of nitrogens with two attached hydrogens (primary N) is 1. The van der Waals surface area contributed by atoms with Crippen LogP contribution in [0.25, 0.3) is 5.69 Å². The molecule has 0 aliphatic rings. The molecular formula is C12H15ClN4O2S. The van der Waals surface area contributed by atoms with Crippen LogP contribution in [0.5, 0.6) is 0 Å². The molecule has 0 amide bonds. The van der Waals surface area contributed by atoms with E-state index < -0.39 is 9.84 Å². The number of nitrogens with zero attached hydrogens (tertiary/aromatic N) is 2. The van der Waals surface area contributed by atoms with E-state index in [1.807, 2.05) is 13.0 Å². The third kappa shape index (κ3) is 2.46. The van der Waals surface area contributed by atoms with Crippen LogP contribution in [0.15, 0.2) is 23.1 Å². The normalized spacial score (nSPS) is 11.6. The van der Waals surface area contributed by atoms with Gasteiger partial charge in [-0.05, 0) is 24.6 Å². The first-order chi connectivity index (χ1) is 9.25. The molecule has 0 aliphatic heterocycles. The van der Waals surface area contributed by atoms with Crippen molar-refractivity contribution >= 4 is 33.1 Å². The molecule has 0 saturated carbocycles. The molecule has 108 valence electrons. The Hall–Kier alpha value is -1.73. The number of aryl methyl sites for hydroxylation is 1. The van der Waals surface area contributed by atoms with E-state index in [9.17, 15) is 8.42 Å². The molecule has 8 heteroatoms. The molecule has 1 aromatic carbocycles. The average Bonchev–Trinajstić information content (AvgIpc) is 2.69. The molecular weight excluding hydrogens is 300 g/mol. The second-order valence-electron chi connectivity index (χ2n) is 4.43. The van der Waals surface area contributed by atoms with Gasteiger partial charge in [0, 0.05) is 18.3 Å². The molecule has 1 heterocycles. The van der Waals surface area contributed by atoms with Gasteiger partial charge in [0.25, 0.3) is 0 Å². The Balaban J connectivity index is 2.70. The van der Waals surface area contributed by atoms with Crippen molar-refractivity contribution in [2.75, 3.05) is 24.4 Å². The Morgan fingerprint density at radius 3 is 2.50 bits per heavy atom. The topological polar surface area (TPSA) is 90.0 Å². The Morgan fingerprint density at radius 1 is 1.40 bits per heavy atom. The minimum absolute atomic E-state index is 0.0169. The Morgan fingerprint density at radius 2 is 2.05 bits per heavy atom. The zero-order chi connectivity index (χ0) is 15.1. The van der Waals surface area contributed by atoms with Gasteiger partial charge >= 0.3 is 0 Å². The molecule has 3 N–H and O–H groups in total. The van der Waals surface area contributed by atoms with Gasteiger partial charge in [0.15, 0.2) is 20.6 Å². The van der Waals surface area contributed by atoms with Crippen LogP contribution in [0.2, 0.25) is 5.02 Å². The molecule has 1 aromatic heterocycles. The van der Waals surface area contributed by atoms with Crippen molar-refractivity contribution in [1.29, 1.82) is 0 Å². The van der Waals surface area contributed by atoms with Gasteiger partial charge in [0.1, 0.15) is 5.82 Å². The van der Waals surface area contributed by atoms with Crippen LogP contribution >= 0.6 is 11.6 Å². The number of hydrogen-bond donors (Lipinski definition) is 2. The molecule has 0 saturated heterocycles. The maximum absolute atomic E-state index is 11.8. The summed E-state index contributed by atoms with van der Waals surface area (Å²) in [6.45, 7) is 1.87. The molecule has 0 radical (unpaired) electrons. The van der Waals surface area contributed by atoms with Crippen molar-refractivity contribution < 1.29 is 8.42 Å². The van der Waals surface area contributed by atoms with Crippen LogP contribution in [-0.2, 0) is 9.84 Å². The molecule has 0 aliphatic carbocycles. The summed E-state index contributed by atoms with van der Waals surface area (Å²) >= 11 is 6.07. The smallest absolute Gasteiger partial charge is 0.182 e. The summed E-state index contributed by atoms with van der Waals surface area (Å²) in [6, 6.07) is 5.28. The maximum atomic E-state index is 11.8. The van der Waals surface area contributed by atoms with E-state index in [4.69, 9.17) is 17.3 Å². The number of nitrogen functional groups attached to an aromatic ring is 1. The molecule has 0 unspecified atom stereocenters. The van der Waals surface area contributed by atoms with Crippen molar-refractivity contribution in [3.8, 4) is 5.69 Å². The highest BCUT2D eigenvalue weighted by Gasteiger charge is 2.24. The minimum atomic E-state index is -3.49. The van der Waals surface area contributed by atoms with Gasteiger partial charge < -0.3 is 11.1 Å². The predicted molar refractivity (Wildman–Crippen MR) is 80.4 cm³/mol. The van der Waals surface area contributed by atoms with E-state index in [-0.39, 0.29) is 16.5 Å². The Labute approximate surface area is 122 Å². The Bertz CT molecular complexity index is 768. The number of aromatic nitrogens is 2. The quantitative estimate of drug-likeness (QED) is 0.902. The summed E-state index contributed by atoms with van der Waals surface area (Å²) in [5, 5.41) is 7.47. The average molecular weight is 315 g/mol. The highest BCUT2D eigenvalue weighted by molar-refractivity contribution is 7.91. The van der Waals surface area contributed by atoms with E-state index >= 15 is 0 Å². The van der Waals surface area contributed by atoms with E-state index in [2.05, 4.69) is 10.4 Å². The molecule has 0 fully saturated rings. The van der Waals surface area contributed by atoms with Crippen molar-refractivity contribution in [3.63, 3.8) is 0 Å². The zero-order valence-corrected chi connectivity index (χ0v) is 12.9. The van der Waals surface area contributed by atoms with Gasteiger partial charge in [-0.15, -0.1) is 5.10 Å². The molecule has 0 bridgehead atoms. The number of hydrogen-bond acceptors (Lipinski definition) is 5. The first-order valence-electron chi connectivity index (χ1n) is 5.78. The van der Waals surface area contributed by atoms with Crippen molar-refractivity contribution in [1.82, 2.24) is 9.78 Å². The highest BCUT2D eigenvalue weighted by Crippen LogP contribution is 2.30. The van der Waals surface area contributed by atoms with E-state index in [0.29, 0.717) is 10.7 Å². The molecule has 2 rings (SSSR count). The SMILES string of the molecule is CNc1nn(-c2ccc(C)c(Cl)c2)c(N)c1S(C)(=O)=O. The summed E-state index contributed by atoms with van der Waals surface area (Å²) in [7, 11) is -1.90. The van der Waals surface area contributed by atoms with Crippen LogP contribution < -0.4 is 11.1 Å². The van der Waals surface area contributed by atoms with Crippen molar-refractivity contribution in [2.24, 2.45) is 0 Å². The molecule has 0 atom stereocenters. The van der Waals surface area contributed by atoms with Gasteiger partial charge in [-0.2, -0.15) is 0 Å². The number of halogens is 1. The zero-order valence-electron chi connectivity index (χ0n) is 11.3. The maximum Gasteiger partial charge on any atom is 0.182 e. The summed E-state index contributed by atoms with van der Waals surface area (Å²) in [6.07, 6.45) is 1.09. The summed E-state index contributed by atoms with van der Waals surface area (Å²) in [5.74, 6) is 0.262. The lowest BCUT2D eigenvalue weighted by Crippen LogP contribution is -2.06. The predicted octanol–water partition coefficient (Wildman–Crippen LogP) is 1.86. The number of anilines is 2. The summed E-state index contributed by atoms with van der Waals surface area (Å²) < 4.78 is 25.0. The van der Waals surface area contributed by atoms with Crippen LogP contribution in [0, 0.1) is 6.92 Å². The van der Waals surface area contributed by atoms with Crippen LogP contribution in [0.4, 0.5) is 11.6 Å². The van der Waals surface area contributed by atoms with E-state index in [1.165, 1.54) is 4.68 Å². The molecule has 2 aromatic rings. The standard InChI is InChI=1S/C12H15ClN4O2S/c1-7-4-5-8(6-9(7)13)17-11(14)10(20(3,18)19)12(15-2)16-17/h4-6H,14H2,1-3H3,(H,15,16). The van der Waals surface area contributed by atoms with Gasteiger partial charge in [-0.25, -0.2) is 13.1 Å². The van der Waals surface area contributed by atoms with Crippen LogP contribution in [-0.4, -0.2) is 31.5 Å². The lowest BCUT2D eigenvalue weighted by molar-refractivity contribution is 0.602. The van der Waals surface area contributed by atoms with Crippen molar-refractivity contribution in [3.05, 3.63) is 28.8 Å². The van der Waals surface area contributed by atoms with E-state index in [1.54, 1.807) is 19.2 Å². The fourth-order valence-corrected chi connectivity index (χ4v) is 2.99. The first kappa shape index (κ1) is 14.7. The monoisotopic (exact) mass is 314 g/mol. The van der Waals surface area contributed by atoms with Crippen LogP contribution in [0.1, 0.15) is 5.56 Å². The molecule has 0 spiro atoms. The fraction of sp³-hybridized carbons (Fsp3) is 0.250. The number of nitrogens with one attached hydrogen (secondary N) is 1.